The summed E-state index contributed by atoms with van der Waals surface area (Å²) < 4.78 is 9.38. The van der Waals surface area contributed by atoms with Gasteiger partial charge in [0, 0.05) is 35.1 Å². The molecular weight excluding hydrogens is 449 g/mol. The molecule has 7 nitrogen and oxygen atoms in total. The third-order valence-corrected chi connectivity index (χ3v) is 5.25. The first kappa shape index (κ1) is 21.9. The molecule has 2 heterocycles. The number of hydrogen-bond donors (Lipinski definition) is 1. The van der Waals surface area contributed by atoms with Gasteiger partial charge in [0.1, 0.15) is 12.4 Å². The van der Waals surface area contributed by atoms with E-state index in [0.29, 0.717) is 33.6 Å². The van der Waals surface area contributed by atoms with Crippen molar-refractivity contribution in [1.29, 1.82) is 0 Å². The Hall–Kier alpha value is -3.29. The number of hydrogen-bond acceptors (Lipinski definition) is 4. The first-order chi connectivity index (χ1) is 15.5. The molecule has 2 aromatic carbocycles. The van der Waals surface area contributed by atoms with Crippen LogP contribution in [0.3, 0.4) is 0 Å². The van der Waals surface area contributed by atoms with Crippen LogP contribution in [0, 0.1) is 0 Å². The second-order valence-corrected chi connectivity index (χ2v) is 7.99. The van der Waals surface area contributed by atoms with Crippen molar-refractivity contribution in [1.82, 2.24) is 19.6 Å². The van der Waals surface area contributed by atoms with Crippen LogP contribution in [0.25, 0.3) is 0 Å². The summed E-state index contributed by atoms with van der Waals surface area (Å²) >= 11 is 12.1. The Morgan fingerprint density at radius 2 is 1.88 bits per heavy atom. The Morgan fingerprint density at radius 3 is 2.66 bits per heavy atom. The molecule has 4 rings (SSSR count). The minimum absolute atomic E-state index is 0.227. The third-order valence-electron chi connectivity index (χ3n) is 4.72. The van der Waals surface area contributed by atoms with E-state index in [1.807, 2.05) is 36.1 Å². The van der Waals surface area contributed by atoms with Crippen LogP contribution >= 0.6 is 23.2 Å². The van der Waals surface area contributed by atoms with E-state index in [9.17, 15) is 4.79 Å². The second kappa shape index (κ2) is 9.89. The zero-order valence-electron chi connectivity index (χ0n) is 17.3. The fourth-order valence-corrected chi connectivity index (χ4v) is 3.58. The highest BCUT2D eigenvalue weighted by Crippen LogP contribution is 2.28. The van der Waals surface area contributed by atoms with E-state index in [4.69, 9.17) is 27.9 Å². The van der Waals surface area contributed by atoms with Crippen molar-refractivity contribution in [2.75, 3.05) is 5.32 Å². The number of rotatable bonds is 8. The molecule has 0 radical (unpaired) electrons. The summed E-state index contributed by atoms with van der Waals surface area (Å²) in [5, 5.41) is 12.4. The quantitative estimate of drug-likeness (QED) is 0.380. The van der Waals surface area contributed by atoms with Crippen molar-refractivity contribution >= 4 is 34.8 Å². The van der Waals surface area contributed by atoms with Gasteiger partial charge in [-0.3, -0.25) is 14.2 Å². The van der Waals surface area contributed by atoms with E-state index in [2.05, 4.69) is 15.5 Å². The van der Waals surface area contributed by atoms with Crippen molar-refractivity contribution in [3.63, 3.8) is 0 Å². The second-order valence-electron chi connectivity index (χ2n) is 7.15. The zero-order chi connectivity index (χ0) is 22.5. The normalized spacial score (nSPS) is 10.8. The lowest BCUT2D eigenvalue weighted by atomic mass is 10.1. The van der Waals surface area contributed by atoms with E-state index in [1.165, 1.54) is 0 Å². The van der Waals surface area contributed by atoms with E-state index >= 15 is 0 Å². The van der Waals surface area contributed by atoms with Crippen LogP contribution in [-0.2, 0) is 19.7 Å². The molecule has 0 aliphatic carbocycles. The standard InChI is InChI=1S/C23H21Cl2N5O2/c1-2-29-12-17(10-26-29)13-30-14-20(11-27-30)28-23(31)18-5-3-4-16(8-18)15-32-22-7-6-19(24)9-21(22)25/h3-12,14H,2,13,15H2,1H3,(H,28,31). The van der Waals surface area contributed by atoms with Gasteiger partial charge in [-0.1, -0.05) is 35.3 Å². The number of ether oxygens (including phenoxy) is 1. The average molecular weight is 470 g/mol. The van der Waals surface area contributed by atoms with Gasteiger partial charge in [-0.25, -0.2) is 0 Å². The van der Waals surface area contributed by atoms with Crippen LogP contribution in [0.5, 0.6) is 5.75 Å². The van der Waals surface area contributed by atoms with Gasteiger partial charge in [0.25, 0.3) is 5.91 Å². The van der Waals surface area contributed by atoms with Crippen molar-refractivity contribution in [3.8, 4) is 5.75 Å². The lowest BCUT2D eigenvalue weighted by molar-refractivity contribution is 0.102. The molecule has 1 N–H and O–H groups in total. The molecule has 0 fully saturated rings. The van der Waals surface area contributed by atoms with Gasteiger partial charge < -0.3 is 10.1 Å². The molecule has 1 amide bonds. The van der Waals surface area contributed by atoms with Gasteiger partial charge in [-0.15, -0.1) is 0 Å². The van der Waals surface area contributed by atoms with E-state index in [0.717, 1.165) is 17.7 Å². The van der Waals surface area contributed by atoms with Gasteiger partial charge in [0.05, 0.1) is 29.6 Å². The maximum absolute atomic E-state index is 12.7. The number of amides is 1. The number of nitrogens with zero attached hydrogens (tertiary/aromatic N) is 4. The lowest BCUT2D eigenvalue weighted by Crippen LogP contribution is -2.12. The molecule has 0 unspecified atom stereocenters. The Labute approximate surface area is 195 Å². The van der Waals surface area contributed by atoms with E-state index in [1.54, 1.807) is 47.4 Å². The molecule has 0 bridgehead atoms. The van der Waals surface area contributed by atoms with Crippen LogP contribution in [-0.4, -0.2) is 25.5 Å². The monoisotopic (exact) mass is 469 g/mol. The molecule has 4 aromatic rings. The first-order valence-electron chi connectivity index (χ1n) is 10.0. The summed E-state index contributed by atoms with van der Waals surface area (Å²) in [5.41, 5.74) is 3.02. The summed E-state index contributed by atoms with van der Waals surface area (Å²) in [7, 11) is 0. The molecule has 0 saturated heterocycles. The molecule has 9 heteroatoms. The average Bonchev–Trinajstić information content (AvgIpc) is 3.43. The predicted octanol–water partition coefficient (Wildman–Crippen LogP) is 5.29. The van der Waals surface area contributed by atoms with Crippen LogP contribution in [0.1, 0.15) is 28.4 Å². The Balaban J connectivity index is 1.37. The molecule has 32 heavy (non-hydrogen) atoms. The topological polar surface area (TPSA) is 74.0 Å². The van der Waals surface area contributed by atoms with Crippen LogP contribution in [0.4, 0.5) is 5.69 Å². The third kappa shape index (κ3) is 5.49. The van der Waals surface area contributed by atoms with Crippen molar-refractivity contribution in [2.24, 2.45) is 0 Å². The number of aryl methyl sites for hydroxylation is 1. The number of aromatic nitrogens is 4. The fourth-order valence-electron chi connectivity index (χ4n) is 3.12. The summed E-state index contributed by atoms with van der Waals surface area (Å²) in [6.45, 7) is 3.70. The van der Waals surface area contributed by atoms with Gasteiger partial charge >= 0.3 is 0 Å². The number of anilines is 1. The largest absolute Gasteiger partial charge is 0.487 e. The molecule has 0 atom stereocenters. The Kier molecular flexibility index (Phi) is 6.78. The number of carbonyl (C=O) groups is 1. The maximum atomic E-state index is 12.7. The Morgan fingerprint density at radius 1 is 1.03 bits per heavy atom. The van der Waals surface area contributed by atoms with Crippen molar-refractivity contribution in [2.45, 2.75) is 26.6 Å². The summed E-state index contributed by atoms with van der Waals surface area (Å²) in [5.74, 6) is 0.303. The fraction of sp³-hybridized carbons (Fsp3) is 0.174. The molecule has 0 aliphatic rings. The molecule has 0 spiro atoms. The van der Waals surface area contributed by atoms with Crippen LogP contribution in [0.15, 0.2) is 67.3 Å². The van der Waals surface area contributed by atoms with Gasteiger partial charge in [0.15, 0.2) is 0 Å². The molecular formula is C23H21Cl2N5O2. The van der Waals surface area contributed by atoms with Crippen molar-refractivity contribution in [3.05, 3.63) is 94.0 Å². The van der Waals surface area contributed by atoms with Crippen LogP contribution in [0.2, 0.25) is 10.0 Å². The minimum Gasteiger partial charge on any atom is -0.487 e. The van der Waals surface area contributed by atoms with Crippen molar-refractivity contribution < 1.29 is 9.53 Å². The predicted molar refractivity (Wildman–Crippen MR) is 124 cm³/mol. The minimum atomic E-state index is -0.227. The number of halogens is 2. The highest BCUT2D eigenvalue weighted by atomic mass is 35.5. The number of nitrogens with one attached hydrogen (secondary N) is 1. The highest BCUT2D eigenvalue weighted by Gasteiger charge is 2.10. The van der Waals surface area contributed by atoms with E-state index in [-0.39, 0.29) is 12.5 Å². The smallest absolute Gasteiger partial charge is 0.255 e. The summed E-state index contributed by atoms with van der Waals surface area (Å²) in [4.78, 5) is 12.7. The van der Waals surface area contributed by atoms with E-state index < -0.39 is 0 Å². The highest BCUT2D eigenvalue weighted by molar-refractivity contribution is 6.35. The maximum Gasteiger partial charge on any atom is 0.255 e. The van der Waals surface area contributed by atoms with Gasteiger partial charge in [0.2, 0.25) is 0 Å². The lowest BCUT2D eigenvalue weighted by Gasteiger charge is -2.09. The number of carbonyl (C=O) groups excluding carboxylic acids is 1. The number of benzene rings is 2. The summed E-state index contributed by atoms with van der Waals surface area (Å²) in [6, 6.07) is 12.3. The van der Waals surface area contributed by atoms with Gasteiger partial charge in [-0.05, 0) is 42.8 Å². The molecule has 164 valence electrons. The Bertz CT molecular complexity index is 1230. The SMILES string of the molecule is CCn1cc(Cn2cc(NC(=O)c3cccc(COc4ccc(Cl)cc4Cl)c3)cn2)cn1. The molecule has 0 saturated carbocycles. The van der Waals surface area contributed by atoms with Crippen LogP contribution < -0.4 is 10.1 Å². The molecule has 0 aliphatic heterocycles. The molecule has 2 aromatic heterocycles. The van der Waals surface area contributed by atoms with Gasteiger partial charge in [-0.2, -0.15) is 10.2 Å². The zero-order valence-corrected chi connectivity index (χ0v) is 18.8. The summed E-state index contributed by atoms with van der Waals surface area (Å²) in [6.07, 6.45) is 7.20. The first-order valence-corrected chi connectivity index (χ1v) is 10.8.